The van der Waals surface area contributed by atoms with E-state index in [-0.39, 0.29) is 12.6 Å². The molecule has 1 amide bonds. The van der Waals surface area contributed by atoms with Gasteiger partial charge in [0.05, 0.1) is 17.2 Å². The number of aliphatic imine (C=N–C) groups is 1. The van der Waals surface area contributed by atoms with E-state index in [1.54, 1.807) is 76.3 Å². The molecule has 1 saturated heterocycles. The van der Waals surface area contributed by atoms with Crippen molar-refractivity contribution in [3.05, 3.63) is 71.8 Å². The molecule has 0 saturated carbocycles. The van der Waals surface area contributed by atoms with Crippen LogP contribution in [-0.4, -0.2) is 71.0 Å². The van der Waals surface area contributed by atoms with E-state index in [0.717, 1.165) is 0 Å². The zero-order chi connectivity index (χ0) is 26.6. The predicted molar refractivity (Wildman–Crippen MR) is 138 cm³/mol. The number of amidine groups is 1. The fourth-order valence-electron chi connectivity index (χ4n) is 3.79. The summed E-state index contributed by atoms with van der Waals surface area (Å²) in [6.45, 7) is 5.26. The summed E-state index contributed by atoms with van der Waals surface area (Å²) in [5.41, 5.74) is -0.275. The molecule has 0 radical (unpaired) electrons. The third-order valence-corrected chi connectivity index (χ3v) is 6.87. The first-order chi connectivity index (χ1) is 17.6. The second-order valence-corrected chi connectivity index (χ2v) is 10.8. The summed E-state index contributed by atoms with van der Waals surface area (Å²) in [7, 11) is 1.59. The molecule has 0 N–H and O–H groups in total. The van der Waals surface area contributed by atoms with E-state index in [9.17, 15) is 14.4 Å². The van der Waals surface area contributed by atoms with Gasteiger partial charge in [0.1, 0.15) is 29.9 Å². The van der Waals surface area contributed by atoms with Crippen LogP contribution in [0.1, 0.15) is 47.9 Å². The Bertz CT molecular complexity index is 1150. The number of amides is 1. The first-order valence-electron chi connectivity index (χ1n) is 12.0. The van der Waals surface area contributed by atoms with Crippen LogP contribution in [0.5, 0.6) is 0 Å². The van der Waals surface area contributed by atoms with Gasteiger partial charge < -0.3 is 18.9 Å². The van der Waals surface area contributed by atoms with Gasteiger partial charge >= 0.3 is 18.0 Å². The van der Waals surface area contributed by atoms with Crippen molar-refractivity contribution in [2.24, 2.45) is 4.99 Å². The van der Waals surface area contributed by atoms with Gasteiger partial charge in [0, 0.05) is 13.5 Å². The molecule has 4 unspecified atom stereocenters. The third kappa shape index (κ3) is 6.90. The lowest BCUT2D eigenvalue weighted by Gasteiger charge is -2.36. The number of ether oxygens (including phenoxy) is 4. The number of hydrogen-bond acceptors (Lipinski definition) is 9. The van der Waals surface area contributed by atoms with Gasteiger partial charge in [-0.3, -0.25) is 9.89 Å². The van der Waals surface area contributed by atoms with E-state index in [2.05, 4.69) is 4.99 Å². The summed E-state index contributed by atoms with van der Waals surface area (Å²) >= 11 is 1.28. The van der Waals surface area contributed by atoms with Gasteiger partial charge in [-0.1, -0.05) is 48.2 Å². The van der Waals surface area contributed by atoms with Crippen molar-refractivity contribution in [3.8, 4) is 0 Å². The Morgan fingerprint density at radius 2 is 1.59 bits per heavy atom. The van der Waals surface area contributed by atoms with Crippen LogP contribution in [0, 0.1) is 0 Å². The van der Waals surface area contributed by atoms with Gasteiger partial charge in [-0.2, -0.15) is 0 Å². The number of thioether (sulfide) groups is 1. The molecule has 2 aliphatic rings. The maximum absolute atomic E-state index is 12.8. The molecule has 4 rings (SSSR count). The van der Waals surface area contributed by atoms with E-state index >= 15 is 0 Å². The number of carbonyl (C=O) groups is 3. The van der Waals surface area contributed by atoms with Crippen molar-refractivity contribution in [1.29, 1.82) is 0 Å². The zero-order valence-electron chi connectivity index (χ0n) is 21.2. The SMILES string of the molecule is CN(C(=O)OC(C)(C)C)C1=NC2CC(OC(=O)c3ccccc3)C(COC(=O)c3ccccc3)OC2S1. The highest BCUT2D eigenvalue weighted by molar-refractivity contribution is 8.14. The van der Waals surface area contributed by atoms with Gasteiger partial charge in [-0.05, 0) is 45.0 Å². The summed E-state index contributed by atoms with van der Waals surface area (Å²) in [5.74, 6) is -1.01. The van der Waals surface area contributed by atoms with E-state index in [0.29, 0.717) is 22.7 Å². The molecule has 4 atom stereocenters. The van der Waals surface area contributed by atoms with Crippen LogP contribution in [0.2, 0.25) is 0 Å². The molecule has 0 bridgehead atoms. The van der Waals surface area contributed by atoms with Gasteiger partial charge in [0.15, 0.2) is 5.17 Å². The Balaban J connectivity index is 1.47. The number of esters is 2. The lowest BCUT2D eigenvalue weighted by Crippen LogP contribution is -2.48. The summed E-state index contributed by atoms with van der Waals surface area (Å²) < 4.78 is 23.0. The smallest absolute Gasteiger partial charge is 0.416 e. The number of benzene rings is 2. The predicted octanol–water partition coefficient (Wildman–Crippen LogP) is 4.52. The van der Waals surface area contributed by atoms with Crippen molar-refractivity contribution < 1.29 is 33.3 Å². The highest BCUT2D eigenvalue weighted by Crippen LogP contribution is 2.38. The van der Waals surface area contributed by atoms with Crippen molar-refractivity contribution in [1.82, 2.24) is 4.90 Å². The molecule has 2 heterocycles. The molecule has 196 valence electrons. The van der Waals surface area contributed by atoms with Crippen LogP contribution in [0.4, 0.5) is 4.79 Å². The molecule has 2 aliphatic heterocycles. The van der Waals surface area contributed by atoms with E-state index in [4.69, 9.17) is 18.9 Å². The number of carbonyl (C=O) groups excluding carboxylic acids is 3. The van der Waals surface area contributed by atoms with Crippen molar-refractivity contribution >= 4 is 35.0 Å². The highest BCUT2D eigenvalue weighted by atomic mass is 32.2. The number of nitrogens with zero attached hydrogens (tertiary/aromatic N) is 2. The van der Waals surface area contributed by atoms with Crippen LogP contribution in [0.15, 0.2) is 65.7 Å². The molecule has 2 aromatic rings. The Kier molecular flexibility index (Phi) is 8.19. The standard InChI is InChI=1S/C27H30N2O7S/c1-27(2,3)36-26(32)29(4)25-28-19-15-20(34-23(31)18-13-9-6-10-14-18)21(35-24(19)37-25)16-33-22(30)17-11-7-5-8-12-17/h5-14,19-21,24H,15-16H2,1-4H3. The highest BCUT2D eigenvalue weighted by Gasteiger charge is 2.46. The average Bonchev–Trinajstić information content (AvgIpc) is 3.29. The second kappa shape index (κ2) is 11.4. The zero-order valence-corrected chi connectivity index (χ0v) is 22.0. The van der Waals surface area contributed by atoms with Crippen LogP contribution >= 0.6 is 11.8 Å². The number of fused-ring (bicyclic) bond motifs is 1. The number of rotatable bonds is 5. The normalized spacial score (nSPS) is 22.9. The molecule has 0 aromatic heterocycles. The van der Waals surface area contributed by atoms with Gasteiger partial charge in [-0.15, -0.1) is 0 Å². The first kappa shape index (κ1) is 26.7. The minimum Gasteiger partial charge on any atom is -0.459 e. The Labute approximate surface area is 220 Å². The second-order valence-electron chi connectivity index (χ2n) is 9.69. The van der Waals surface area contributed by atoms with Crippen LogP contribution in [-0.2, 0) is 18.9 Å². The Hall–Kier alpha value is -3.37. The van der Waals surface area contributed by atoms with E-state index in [1.807, 2.05) is 12.1 Å². The average molecular weight is 527 g/mol. The largest absolute Gasteiger partial charge is 0.459 e. The monoisotopic (exact) mass is 526 g/mol. The minimum atomic E-state index is -0.715. The van der Waals surface area contributed by atoms with Gasteiger partial charge in [0.25, 0.3) is 0 Å². The Morgan fingerprint density at radius 3 is 2.19 bits per heavy atom. The molecule has 1 fully saturated rings. The summed E-state index contributed by atoms with van der Waals surface area (Å²) in [4.78, 5) is 43.9. The lowest BCUT2D eigenvalue weighted by molar-refractivity contribution is -0.118. The summed E-state index contributed by atoms with van der Waals surface area (Å²) in [5, 5.41) is 0.444. The van der Waals surface area contributed by atoms with E-state index < -0.39 is 41.3 Å². The van der Waals surface area contributed by atoms with Crippen LogP contribution in [0.3, 0.4) is 0 Å². The maximum atomic E-state index is 12.8. The minimum absolute atomic E-state index is 0.110. The fourth-order valence-corrected chi connectivity index (χ4v) is 4.95. The third-order valence-electron chi connectivity index (χ3n) is 5.62. The molecule has 2 aromatic carbocycles. The molecular formula is C27H30N2O7S. The molecule has 37 heavy (non-hydrogen) atoms. The van der Waals surface area contributed by atoms with E-state index in [1.165, 1.54) is 16.7 Å². The molecule has 0 spiro atoms. The summed E-state index contributed by atoms with van der Waals surface area (Å²) in [6.07, 6.45) is -1.61. The number of hydrogen-bond donors (Lipinski definition) is 0. The van der Waals surface area contributed by atoms with Gasteiger partial charge in [-0.25, -0.2) is 14.4 Å². The van der Waals surface area contributed by atoms with Crippen molar-refractivity contribution in [3.63, 3.8) is 0 Å². The first-order valence-corrected chi connectivity index (χ1v) is 12.8. The summed E-state index contributed by atoms with van der Waals surface area (Å²) in [6, 6.07) is 16.9. The van der Waals surface area contributed by atoms with Crippen molar-refractivity contribution in [2.75, 3.05) is 13.7 Å². The molecule has 0 aliphatic carbocycles. The Morgan fingerprint density at radius 1 is 1.00 bits per heavy atom. The topological polar surface area (TPSA) is 104 Å². The molecule has 10 heteroatoms. The quantitative estimate of drug-likeness (QED) is 0.414. The maximum Gasteiger partial charge on any atom is 0.416 e. The fraction of sp³-hybridized carbons (Fsp3) is 0.407. The van der Waals surface area contributed by atoms with Crippen molar-refractivity contribution in [2.45, 2.75) is 56.5 Å². The van der Waals surface area contributed by atoms with Gasteiger partial charge in [0.2, 0.25) is 0 Å². The van der Waals surface area contributed by atoms with Crippen LogP contribution < -0.4 is 0 Å². The molecule has 9 nitrogen and oxygen atoms in total. The lowest BCUT2D eigenvalue weighted by atomic mass is 10.0. The van der Waals surface area contributed by atoms with Crippen LogP contribution in [0.25, 0.3) is 0 Å². The molecular weight excluding hydrogens is 496 g/mol.